The Hall–Kier alpha value is -1.19. The lowest BCUT2D eigenvalue weighted by Crippen LogP contribution is -2.34. The minimum atomic E-state index is -0.997. The molecule has 5 heteroatoms. The summed E-state index contributed by atoms with van der Waals surface area (Å²) in [5.41, 5.74) is -0.568. The molecule has 0 saturated carbocycles. The fourth-order valence-corrected chi connectivity index (χ4v) is 3.07. The Bertz CT molecular complexity index is 625. The van der Waals surface area contributed by atoms with Gasteiger partial charge in [-0.2, -0.15) is 0 Å². The van der Waals surface area contributed by atoms with Crippen molar-refractivity contribution in [3.63, 3.8) is 0 Å². The fourth-order valence-electron chi connectivity index (χ4n) is 2.30. The maximum atomic E-state index is 14.1. The zero-order chi connectivity index (χ0) is 15.5. The van der Waals surface area contributed by atoms with Crippen LogP contribution in [0.15, 0.2) is 42.5 Å². The summed E-state index contributed by atoms with van der Waals surface area (Å²) in [4.78, 5) is 0. The van der Waals surface area contributed by atoms with E-state index in [1.807, 2.05) is 0 Å². The summed E-state index contributed by atoms with van der Waals surface area (Å²) in [6.45, 7) is 0. The predicted molar refractivity (Wildman–Crippen MR) is 79.6 cm³/mol. The molecule has 0 spiro atoms. The van der Waals surface area contributed by atoms with Crippen molar-refractivity contribution in [1.29, 1.82) is 0 Å². The van der Waals surface area contributed by atoms with E-state index in [2.05, 4.69) is 0 Å². The van der Waals surface area contributed by atoms with Crippen LogP contribution in [0.4, 0.5) is 13.2 Å². The Morgan fingerprint density at radius 2 is 1.52 bits per heavy atom. The van der Waals surface area contributed by atoms with Crippen LogP contribution in [0.5, 0.6) is 0 Å². The van der Waals surface area contributed by atoms with Crippen LogP contribution in [0.1, 0.15) is 11.1 Å². The van der Waals surface area contributed by atoms with Crippen molar-refractivity contribution in [3.05, 3.63) is 71.0 Å². The van der Waals surface area contributed by atoms with Gasteiger partial charge in [-0.05, 0) is 41.8 Å². The zero-order valence-electron chi connectivity index (χ0n) is 11.1. The van der Waals surface area contributed by atoms with Crippen molar-refractivity contribution in [2.45, 2.75) is 11.8 Å². The van der Waals surface area contributed by atoms with Gasteiger partial charge in [0.15, 0.2) is 0 Å². The molecule has 0 amide bonds. The second-order valence-corrected chi connectivity index (χ2v) is 5.47. The molecule has 0 nitrogen and oxygen atoms in total. The van der Waals surface area contributed by atoms with Gasteiger partial charge in [0.05, 0.1) is 0 Å². The number of hydrogen-bond acceptors (Lipinski definition) is 0. The van der Waals surface area contributed by atoms with E-state index >= 15 is 0 Å². The van der Waals surface area contributed by atoms with Crippen molar-refractivity contribution < 1.29 is 13.2 Å². The third kappa shape index (κ3) is 3.35. The minimum absolute atomic E-state index is 0.00656. The lowest BCUT2D eigenvalue weighted by atomic mass is 9.78. The molecule has 0 saturated heterocycles. The molecule has 21 heavy (non-hydrogen) atoms. The van der Waals surface area contributed by atoms with Crippen LogP contribution in [-0.2, 0) is 11.8 Å². The molecule has 2 aromatic rings. The van der Waals surface area contributed by atoms with E-state index < -0.39 is 22.9 Å². The highest BCUT2D eigenvalue weighted by atomic mass is 35.5. The first-order chi connectivity index (χ1) is 10.0. The average molecular weight is 333 g/mol. The monoisotopic (exact) mass is 332 g/mol. The van der Waals surface area contributed by atoms with E-state index in [1.165, 1.54) is 6.07 Å². The van der Waals surface area contributed by atoms with Gasteiger partial charge in [0.1, 0.15) is 17.5 Å². The van der Waals surface area contributed by atoms with Gasteiger partial charge in [-0.3, -0.25) is 0 Å². The summed E-state index contributed by atoms with van der Waals surface area (Å²) in [6.07, 6.45) is 0.0184. The quantitative estimate of drug-likeness (QED) is 0.671. The smallest absolute Gasteiger partial charge is 0.127 e. The number of alkyl halides is 2. The Balaban J connectivity index is 2.48. The molecule has 0 aliphatic rings. The molecule has 112 valence electrons. The molecule has 0 aliphatic carbocycles. The van der Waals surface area contributed by atoms with Gasteiger partial charge >= 0.3 is 0 Å². The van der Waals surface area contributed by atoms with Crippen LogP contribution in [0, 0.1) is 17.5 Å². The molecule has 0 heterocycles. The molecular weight excluding hydrogens is 320 g/mol. The molecule has 0 aromatic heterocycles. The highest BCUT2D eigenvalue weighted by molar-refractivity contribution is 6.22. The Morgan fingerprint density at radius 3 is 2.14 bits per heavy atom. The SMILES string of the molecule is Fc1ccc(F)c(CC(CCl)(CCl)c2ccccc2F)c1. The number of rotatable bonds is 5. The van der Waals surface area contributed by atoms with Gasteiger partial charge in [-0.1, -0.05) is 18.2 Å². The Labute approximate surface area is 131 Å². The summed E-state index contributed by atoms with van der Waals surface area (Å²) in [6, 6.07) is 9.24. The van der Waals surface area contributed by atoms with E-state index in [0.29, 0.717) is 5.56 Å². The molecule has 0 N–H and O–H groups in total. The molecule has 0 atom stereocenters. The van der Waals surface area contributed by atoms with Crippen LogP contribution >= 0.6 is 23.2 Å². The van der Waals surface area contributed by atoms with Crippen LogP contribution in [0.3, 0.4) is 0 Å². The second-order valence-electron chi connectivity index (χ2n) is 4.94. The molecule has 0 aliphatic heterocycles. The largest absolute Gasteiger partial charge is 0.207 e. The molecule has 2 aromatic carbocycles. The highest BCUT2D eigenvalue weighted by Crippen LogP contribution is 2.34. The third-order valence-corrected chi connectivity index (χ3v) is 4.52. The number of halogens is 5. The maximum Gasteiger partial charge on any atom is 0.127 e. The molecular formula is C16H13Cl2F3. The summed E-state index contributed by atoms with van der Waals surface area (Å²) in [5, 5.41) is 0. The van der Waals surface area contributed by atoms with Crippen LogP contribution in [0.2, 0.25) is 0 Å². The number of benzene rings is 2. The van der Waals surface area contributed by atoms with Gasteiger partial charge in [0.25, 0.3) is 0 Å². The summed E-state index contributed by atoms with van der Waals surface area (Å²) < 4.78 is 41.2. The molecule has 0 bridgehead atoms. The van der Waals surface area contributed by atoms with E-state index in [0.717, 1.165) is 18.2 Å². The Kier molecular flexibility index (Phi) is 5.17. The summed E-state index contributed by atoms with van der Waals surface area (Å²) in [7, 11) is 0. The van der Waals surface area contributed by atoms with Gasteiger partial charge in [-0.15, -0.1) is 23.2 Å². The standard InChI is InChI=1S/C16H13Cl2F3/c17-9-16(10-18,13-3-1-2-4-15(13)21)8-11-7-12(19)5-6-14(11)20/h1-7H,8-10H2. The first-order valence-corrected chi connectivity index (χ1v) is 7.40. The normalized spacial score (nSPS) is 11.7. The molecule has 0 radical (unpaired) electrons. The van der Waals surface area contributed by atoms with Gasteiger partial charge in [0.2, 0.25) is 0 Å². The third-order valence-electron chi connectivity index (χ3n) is 3.49. The van der Waals surface area contributed by atoms with Crippen molar-refractivity contribution in [1.82, 2.24) is 0 Å². The maximum absolute atomic E-state index is 14.1. The van der Waals surface area contributed by atoms with Gasteiger partial charge in [-0.25, -0.2) is 13.2 Å². The van der Waals surface area contributed by atoms with Crippen molar-refractivity contribution >= 4 is 23.2 Å². The second kappa shape index (κ2) is 6.71. The van der Waals surface area contributed by atoms with Gasteiger partial charge in [0, 0.05) is 17.2 Å². The van der Waals surface area contributed by atoms with Crippen molar-refractivity contribution in [2.75, 3.05) is 11.8 Å². The van der Waals surface area contributed by atoms with Crippen LogP contribution < -0.4 is 0 Å². The predicted octanol–water partition coefficient (Wildman–Crippen LogP) is 5.06. The van der Waals surface area contributed by atoms with E-state index in [-0.39, 0.29) is 23.7 Å². The highest BCUT2D eigenvalue weighted by Gasteiger charge is 2.34. The lowest BCUT2D eigenvalue weighted by Gasteiger charge is -2.31. The molecule has 2 rings (SSSR count). The van der Waals surface area contributed by atoms with Crippen LogP contribution in [0.25, 0.3) is 0 Å². The van der Waals surface area contributed by atoms with Crippen molar-refractivity contribution in [3.8, 4) is 0 Å². The summed E-state index contributed by atoms with van der Waals surface area (Å²) >= 11 is 12.0. The lowest BCUT2D eigenvalue weighted by molar-refractivity contribution is 0.475. The molecule has 0 unspecified atom stereocenters. The Morgan fingerprint density at radius 1 is 0.857 bits per heavy atom. The van der Waals surface area contributed by atoms with Crippen molar-refractivity contribution in [2.24, 2.45) is 0 Å². The average Bonchev–Trinajstić information content (AvgIpc) is 2.49. The van der Waals surface area contributed by atoms with E-state index in [4.69, 9.17) is 23.2 Å². The van der Waals surface area contributed by atoms with Crippen LogP contribution in [-0.4, -0.2) is 11.8 Å². The zero-order valence-corrected chi connectivity index (χ0v) is 12.6. The topological polar surface area (TPSA) is 0 Å². The molecule has 0 fully saturated rings. The fraction of sp³-hybridized carbons (Fsp3) is 0.250. The van der Waals surface area contributed by atoms with Gasteiger partial charge < -0.3 is 0 Å². The van der Waals surface area contributed by atoms with E-state index in [1.54, 1.807) is 18.2 Å². The number of hydrogen-bond donors (Lipinski definition) is 0. The minimum Gasteiger partial charge on any atom is -0.207 e. The first kappa shape index (κ1) is 16.2. The first-order valence-electron chi connectivity index (χ1n) is 6.33. The summed E-state index contributed by atoms with van der Waals surface area (Å²) in [5.74, 6) is -1.60. The van der Waals surface area contributed by atoms with E-state index in [9.17, 15) is 13.2 Å².